The van der Waals surface area contributed by atoms with Crippen molar-refractivity contribution in [2.45, 2.75) is 11.4 Å². The molecule has 122 valence electrons. The molecule has 0 bridgehead atoms. The molecule has 0 aliphatic rings. The van der Waals surface area contributed by atoms with Crippen molar-refractivity contribution in [2.75, 3.05) is 0 Å². The predicted molar refractivity (Wildman–Crippen MR) is 89.0 cm³/mol. The molecule has 0 spiro atoms. The predicted octanol–water partition coefficient (Wildman–Crippen LogP) is 2.75. The van der Waals surface area contributed by atoms with E-state index >= 15 is 0 Å². The number of hydrogen-bond donors (Lipinski definition) is 1. The van der Waals surface area contributed by atoms with E-state index in [0.717, 1.165) is 5.56 Å². The minimum absolute atomic E-state index is 0.130. The van der Waals surface area contributed by atoms with Crippen LogP contribution >= 0.6 is 0 Å². The molecule has 2 heterocycles. The second-order valence-electron chi connectivity index (χ2n) is 4.93. The van der Waals surface area contributed by atoms with Gasteiger partial charge in [0, 0.05) is 31.2 Å². The molecule has 1 N–H and O–H groups in total. The third-order valence-corrected chi connectivity index (χ3v) is 4.56. The molecule has 0 unspecified atom stereocenters. The molecule has 6 nitrogen and oxygen atoms in total. The molecule has 2 aromatic heterocycles. The number of hydrogen-bond acceptors (Lipinski definition) is 5. The van der Waals surface area contributed by atoms with Gasteiger partial charge in [0.25, 0.3) is 0 Å². The Bertz CT molecular complexity index is 901. The molecular weight excluding hydrogens is 326 g/mol. The van der Waals surface area contributed by atoms with Gasteiger partial charge >= 0.3 is 0 Å². The molecule has 3 rings (SSSR count). The Labute approximate surface area is 140 Å². The van der Waals surface area contributed by atoms with Gasteiger partial charge in [0.1, 0.15) is 10.6 Å². The summed E-state index contributed by atoms with van der Waals surface area (Å²) in [5.74, 6) is 1.07. The van der Waals surface area contributed by atoms with Crippen LogP contribution in [-0.4, -0.2) is 18.4 Å². The van der Waals surface area contributed by atoms with Crippen molar-refractivity contribution in [3.05, 3.63) is 78.8 Å². The molecule has 0 radical (unpaired) electrons. The third-order valence-electron chi connectivity index (χ3n) is 3.17. The summed E-state index contributed by atoms with van der Waals surface area (Å²) >= 11 is 0. The van der Waals surface area contributed by atoms with E-state index < -0.39 is 10.0 Å². The zero-order chi connectivity index (χ0) is 16.8. The van der Waals surface area contributed by atoms with E-state index in [2.05, 4.69) is 14.7 Å². The molecule has 0 aliphatic heterocycles. The van der Waals surface area contributed by atoms with E-state index in [4.69, 9.17) is 4.74 Å². The van der Waals surface area contributed by atoms with Gasteiger partial charge in [-0.3, -0.25) is 4.98 Å². The van der Waals surface area contributed by atoms with Crippen molar-refractivity contribution in [1.82, 2.24) is 14.7 Å². The number of benzene rings is 1. The molecular formula is C17H15N3O3S. The summed E-state index contributed by atoms with van der Waals surface area (Å²) < 4.78 is 32.6. The van der Waals surface area contributed by atoms with E-state index in [1.54, 1.807) is 42.6 Å². The van der Waals surface area contributed by atoms with Gasteiger partial charge in [0.2, 0.25) is 15.9 Å². The summed E-state index contributed by atoms with van der Waals surface area (Å²) in [6, 6.07) is 15.6. The van der Waals surface area contributed by atoms with Crippen molar-refractivity contribution in [1.29, 1.82) is 0 Å². The molecule has 0 fully saturated rings. The van der Waals surface area contributed by atoms with Crippen LogP contribution in [0.4, 0.5) is 0 Å². The van der Waals surface area contributed by atoms with Crippen LogP contribution in [-0.2, 0) is 16.6 Å². The van der Waals surface area contributed by atoms with Crippen molar-refractivity contribution in [3.8, 4) is 11.6 Å². The maximum absolute atomic E-state index is 12.2. The van der Waals surface area contributed by atoms with Gasteiger partial charge in [-0.1, -0.05) is 18.2 Å². The number of rotatable bonds is 6. The Balaban J connectivity index is 1.69. The van der Waals surface area contributed by atoms with Crippen LogP contribution in [0.5, 0.6) is 11.6 Å². The van der Waals surface area contributed by atoms with Crippen LogP contribution in [0.2, 0.25) is 0 Å². The lowest BCUT2D eigenvalue weighted by Gasteiger charge is -2.08. The van der Waals surface area contributed by atoms with Crippen molar-refractivity contribution in [3.63, 3.8) is 0 Å². The summed E-state index contributed by atoms with van der Waals surface area (Å²) in [4.78, 5) is 8.04. The van der Waals surface area contributed by atoms with Gasteiger partial charge in [-0.25, -0.2) is 18.1 Å². The topological polar surface area (TPSA) is 81.2 Å². The Morgan fingerprint density at radius 1 is 1.00 bits per heavy atom. The van der Waals surface area contributed by atoms with E-state index in [9.17, 15) is 8.42 Å². The number of nitrogens with one attached hydrogen (secondary N) is 1. The highest BCUT2D eigenvalue weighted by Gasteiger charge is 2.13. The van der Waals surface area contributed by atoms with Gasteiger partial charge in [-0.05, 0) is 35.9 Å². The third kappa shape index (κ3) is 4.15. The minimum atomic E-state index is -3.60. The molecule has 3 aromatic rings. The molecule has 7 heteroatoms. The van der Waals surface area contributed by atoms with Crippen LogP contribution in [0.25, 0.3) is 0 Å². The summed E-state index contributed by atoms with van der Waals surface area (Å²) in [7, 11) is -3.60. The average molecular weight is 341 g/mol. The summed E-state index contributed by atoms with van der Waals surface area (Å²) in [6.45, 7) is 0.149. The second-order valence-corrected chi connectivity index (χ2v) is 6.70. The van der Waals surface area contributed by atoms with E-state index in [1.807, 2.05) is 12.1 Å². The quantitative estimate of drug-likeness (QED) is 0.745. The van der Waals surface area contributed by atoms with Gasteiger partial charge in [0.05, 0.1) is 0 Å². The highest BCUT2D eigenvalue weighted by molar-refractivity contribution is 7.89. The lowest BCUT2D eigenvalue weighted by molar-refractivity contribution is 0.462. The molecule has 0 saturated carbocycles. The normalized spacial score (nSPS) is 11.2. The smallest absolute Gasteiger partial charge is 0.242 e. The molecule has 0 atom stereocenters. The largest absolute Gasteiger partial charge is 0.439 e. The van der Waals surface area contributed by atoms with Crippen LogP contribution in [0.1, 0.15) is 5.56 Å². The first-order valence-corrected chi connectivity index (χ1v) is 8.69. The highest BCUT2D eigenvalue weighted by Crippen LogP contribution is 2.20. The van der Waals surface area contributed by atoms with Crippen molar-refractivity contribution < 1.29 is 13.2 Å². The lowest BCUT2D eigenvalue weighted by Crippen LogP contribution is -2.23. The zero-order valence-electron chi connectivity index (χ0n) is 12.7. The molecule has 0 saturated heterocycles. The monoisotopic (exact) mass is 341 g/mol. The summed E-state index contributed by atoms with van der Waals surface area (Å²) in [5.41, 5.74) is 0.774. The van der Waals surface area contributed by atoms with E-state index in [1.165, 1.54) is 18.5 Å². The second kappa shape index (κ2) is 7.20. The Morgan fingerprint density at radius 2 is 1.92 bits per heavy atom. The number of aromatic nitrogens is 2. The highest BCUT2D eigenvalue weighted by atomic mass is 32.2. The van der Waals surface area contributed by atoms with Gasteiger partial charge in [0.15, 0.2) is 0 Å². The van der Waals surface area contributed by atoms with Crippen molar-refractivity contribution in [2.24, 2.45) is 0 Å². The maximum Gasteiger partial charge on any atom is 0.242 e. The van der Waals surface area contributed by atoms with Crippen LogP contribution in [0.15, 0.2) is 78.1 Å². The van der Waals surface area contributed by atoms with Crippen molar-refractivity contribution >= 4 is 10.0 Å². The fourth-order valence-electron chi connectivity index (χ4n) is 2.01. The molecule has 0 amide bonds. The fourth-order valence-corrected chi connectivity index (χ4v) is 3.00. The standard InChI is InChI=1S/C17H15N3O3S/c21-24(22,16-7-4-9-18-13-16)20-12-14-5-3-6-15(11-14)23-17-8-1-2-10-19-17/h1-11,13,20H,12H2. The van der Waals surface area contributed by atoms with Gasteiger partial charge in [-0.15, -0.1) is 0 Å². The van der Waals surface area contributed by atoms with Crippen LogP contribution in [0.3, 0.4) is 0 Å². The van der Waals surface area contributed by atoms with E-state index in [0.29, 0.717) is 11.6 Å². The molecule has 24 heavy (non-hydrogen) atoms. The number of ether oxygens (including phenoxy) is 1. The molecule has 1 aromatic carbocycles. The lowest BCUT2D eigenvalue weighted by atomic mass is 10.2. The van der Waals surface area contributed by atoms with E-state index in [-0.39, 0.29) is 11.4 Å². The Kier molecular flexibility index (Phi) is 4.83. The molecule has 0 aliphatic carbocycles. The SMILES string of the molecule is O=S(=O)(NCc1cccc(Oc2ccccn2)c1)c1cccnc1. The minimum Gasteiger partial charge on any atom is -0.439 e. The average Bonchev–Trinajstić information content (AvgIpc) is 2.62. The zero-order valence-corrected chi connectivity index (χ0v) is 13.5. The van der Waals surface area contributed by atoms with Gasteiger partial charge in [-0.2, -0.15) is 0 Å². The van der Waals surface area contributed by atoms with Crippen LogP contribution in [0, 0.1) is 0 Å². The first-order valence-electron chi connectivity index (χ1n) is 7.21. The number of pyridine rings is 2. The van der Waals surface area contributed by atoms with Gasteiger partial charge < -0.3 is 4.74 Å². The number of nitrogens with zero attached hydrogens (tertiary/aromatic N) is 2. The van der Waals surface area contributed by atoms with Crippen LogP contribution < -0.4 is 9.46 Å². The Hall–Kier alpha value is -2.77. The first kappa shape index (κ1) is 16.1. The summed E-state index contributed by atoms with van der Waals surface area (Å²) in [6.07, 6.45) is 4.47. The first-order chi connectivity index (χ1) is 11.6. The fraction of sp³-hybridized carbons (Fsp3) is 0.0588. The maximum atomic E-state index is 12.2. The number of sulfonamides is 1. The Morgan fingerprint density at radius 3 is 2.67 bits per heavy atom. The summed E-state index contributed by atoms with van der Waals surface area (Å²) in [5, 5.41) is 0.